The Morgan fingerprint density at radius 2 is 1.89 bits per heavy atom. The van der Waals surface area contributed by atoms with Gasteiger partial charge in [-0.25, -0.2) is 0 Å². The number of hydrogen-bond acceptors (Lipinski definition) is 4. The predicted octanol–water partition coefficient (Wildman–Crippen LogP) is 5.57. The second kappa shape index (κ2) is 9.41. The van der Waals surface area contributed by atoms with Crippen molar-refractivity contribution in [3.05, 3.63) is 62.4 Å². The van der Waals surface area contributed by atoms with E-state index >= 15 is 0 Å². The van der Waals surface area contributed by atoms with Crippen molar-refractivity contribution in [3.8, 4) is 5.75 Å². The van der Waals surface area contributed by atoms with Crippen molar-refractivity contribution in [2.75, 3.05) is 6.61 Å². The van der Waals surface area contributed by atoms with E-state index < -0.39 is 11.8 Å². The maximum atomic E-state index is 12.6. The van der Waals surface area contributed by atoms with Crippen molar-refractivity contribution in [1.29, 1.82) is 0 Å². The molecule has 1 heterocycles. The summed E-state index contributed by atoms with van der Waals surface area (Å²) in [6, 6.07) is 12.7. The highest BCUT2D eigenvalue weighted by Crippen LogP contribution is 2.34. The van der Waals surface area contributed by atoms with E-state index in [0.717, 1.165) is 27.4 Å². The van der Waals surface area contributed by atoms with Crippen LogP contribution in [0, 0.1) is 0 Å². The van der Waals surface area contributed by atoms with Crippen molar-refractivity contribution < 1.29 is 14.3 Å². The van der Waals surface area contributed by atoms with Crippen molar-refractivity contribution in [2.24, 2.45) is 0 Å². The van der Waals surface area contributed by atoms with Gasteiger partial charge in [0.05, 0.1) is 17.2 Å². The Morgan fingerprint density at radius 3 is 2.64 bits per heavy atom. The summed E-state index contributed by atoms with van der Waals surface area (Å²) in [6.45, 7) is 2.58. The van der Waals surface area contributed by atoms with Gasteiger partial charge in [-0.15, -0.1) is 11.3 Å². The van der Waals surface area contributed by atoms with Crippen LogP contribution < -0.4 is 15.6 Å². The third-order valence-electron chi connectivity index (χ3n) is 3.97. The number of hydrazine groups is 1. The number of fused-ring (bicyclic) bond motifs is 1. The van der Waals surface area contributed by atoms with Crippen LogP contribution in [0.4, 0.5) is 0 Å². The predicted molar refractivity (Wildman–Crippen MR) is 116 cm³/mol. The summed E-state index contributed by atoms with van der Waals surface area (Å²) in [6.07, 6.45) is 1.88. The van der Waals surface area contributed by atoms with Gasteiger partial charge < -0.3 is 4.74 Å². The van der Waals surface area contributed by atoms with Crippen LogP contribution in [-0.4, -0.2) is 18.4 Å². The zero-order valence-corrected chi connectivity index (χ0v) is 18.2. The number of halogens is 2. The Morgan fingerprint density at radius 1 is 1.14 bits per heavy atom. The maximum absolute atomic E-state index is 12.6. The number of amides is 2. The highest BCUT2D eigenvalue weighted by atomic mass is 79.9. The average molecular weight is 482 g/mol. The first kappa shape index (κ1) is 20.6. The second-order valence-corrected chi connectivity index (χ2v) is 8.34. The first-order chi connectivity index (χ1) is 13.5. The molecular formula is C20H18BrClN2O3S. The van der Waals surface area contributed by atoms with Crippen LogP contribution in [-0.2, 0) is 0 Å². The fourth-order valence-corrected chi connectivity index (χ4v) is 4.30. The first-order valence-corrected chi connectivity index (χ1v) is 10.7. The summed E-state index contributed by atoms with van der Waals surface area (Å²) in [5.41, 5.74) is 5.19. The molecule has 28 heavy (non-hydrogen) atoms. The summed E-state index contributed by atoms with van der Waals surface area (Å²) in [7, 11) is 0. The number of ether oxygens (including phenoxy) is 1. The third kappa shape index (κ3) is 4.66. The zero-order valence-electron chi connectivity index (χ0n) is 15.1. The SMILES string of the molecule is CCCCOc1ccc(Br)cc1C(=O)NNC(=O)c1sc2ccccc2c1Cl. The number of nitrogens with one attached hydrogen (secondary N) is 2. The molecule has 3 rings (SSSR count). The molecule has 0 unspecified atom stereocenters. The molecular weight excluding hydrogens is 464 g/mol. The van der Waals surface area contributed by atoms with Gasteiger partial charge in [-0.3, -0.25) is 20.4 Å². The Labute approximate surface area is 180 Å². The van der Waals surface area contributed by atoms with Crippen LogP contribution in [0.2, 0.25) is 5.02 Å². The van der Waals surface area contributed by atoms with E-state index in [1.165, 1.54) is 11.3 Å². The first-order valence-electron chi connectivity index (χ1n) is 8.71. The third-order valence-corrected chi connectivity index (χ3v) is 6.14. The molecule has 0 radical (unpaired) electrons. The lowest BCUT2D eigenvalue weighted by Crippen LogP contribution is -2.41. The zero-order chi connectivity index (χ0) is 20.1. The number of thiophene rings is 1. The Balaban J connectivity index is 1.72. The molecule has 0 saturated heterocycles. The molecule has 8 heteroatoms. The molecule has 0 aliphatic heterocycles. The lowest BCUT2D eigenvalue weighted by Gasteiger charge is -2.12. The largest absolute Gasteiger partial charge is 0.493 e. The molecule has 5 nitrogen and oxygen atoms in total. The maximum Gasteiger partial charge on any atom is 0.281 e. The summed E-state index contributed by atoms with van der Waals surface area (Å²) in [5, 5.41) is 1.18. The van der Waals surface area contributed by atoms with Crippen LogP contribution in [0.5, 0.6) is 5.75 Å². The number of benzene rings is 2. The quantitative estimate of drug-likeness (QED) is 0.357. The number of rotatable bonds is 6. The van der Waals surface area contributed by atoms with Crippen molar-refractivity contribution in [1.82, 2.24) is 10.9 Å². The van der Waals surface area contributed by atoms with Crippen LogP contribution >= 0.6 is 38.9 Å². The van der Waals surface area contributed by atoms with Gasteiger partial charge in [0.25, 0.3) is 11.8 Å². The van der Waals surface area contributed by atoms with Gasteiger partial charge >= 0.3 is 0 Å². The van der Waals surface area contributed by atoms with Gasteiger partial charge in [0, 0.05) is 14.6 Å². The minimum atomic E-state index is -0.474. The van der Waals surface area contributed by atoms with Crippen LogP contribution in [0.3, 0.4) is 0 Å². The van der Waals surface area contributed by atoms with Crippen LogP contribution in [0.15, 0.2) is 46.9 Å². The van der Waals surface area contributed by atoms with E-state index in [9.17, 15) is 9.59 Å². The minimum absolute atomic E-state index is 0.327. The summed E-state index contributed by atoms with van der Waals surface area (Å²) in [4.78, 5) is 25.4. The highest BCUT2D eigenvalue weighted by Gasteiger charge is 2.19. The monoisotopic (exact) mass is 480 g/mol. The van der Waals surface area contributed by atoms with E-state index in [2.05, 4.69) is 33.7 Å². The van der Waals surface area contributed by atoms with Gasteiger partial charge in [0.15, 0.2) is 0 Å². The molecule has 146 valence electrons. The fourth-order valence-electron chi connectivity index (χ4n) is 2.53. The van der Waals surface area contributed by atoms with Crippen LogP contribution in [0.1, 0.15) is 39.8 Å². The molecule has 2 aromatic carbocycles. The fraction of sp³-hybridized carbons (Fsp3) is 0.200. The lowest BCUT2D eigenvalue weighted by atomic mass is 10.2. The lowest BCUT2D eigenvalue weighted by molar-refractivity contribution is 0.0846. The smallest absolute Gasteiger partial charge is 0.281 e. The van der Waals surface area contributed by atoms with E-state index in [1.54, 1.807) is 18.2 Å². The molecule has 0 atom stereocenters. The molecule has 0 aliphatic carbocycles. The minimum Gasteiger partial charge on any atom is -0.493 e. The highest BCUT2D eigenvalue weighted by molar-refractivity contribution is 9.10. The standard InChI is InChI=1S/C20H18BrClN2O3S/c1-2-3-10-27-15-9-8-12(21)11-14(15)19(25)23-24-20(26)18-17(22)13-6-4-5-7-16(13)28-18/h4-9,11H,2-3,10H2,1H3,(H,23,25)(H,24,26). The van der Waals surface area contributed by atoms with Crippen molar-refractivity contribution in [2.45, 2.75) is 19.8 Å². The molecule has 2 amide bonds. The number of carbonyl (C=O) groups is 2. The molecule has 2 N–H and O–H groups in total. The van der Waals surface area contributed by atoms with Gasteiger partial charge in [-0.2, -0.15) is 0 Å². The van der Waals surface area contributed by atoms with E-state index in [0.29, 0.717) is 27.8 Å². The van der Waals surface area contributed by atoms with E-state index in [4.69, 9.17) is 16.3 Å². The second-order valence-electron chi connectivity index (χ2n) is 5.99. The summed E-state index contributed by atoms with van der Waals surface area (Å²) in [5.74, 6) is -0.482. The average Bonchev–Trinajstić information content (AvgIpc) is 3.04. The Kier molecular flexibility index (Phi) is 6.93. The topological polar surface area (TPSA) is 67.4 Å². The van der Waals surface area contributed by atoms with Crippen LogP contribution in [0.25, 0.3) is 10.1 Å². The van der Waals surface area contributed by atoms with Gasteiger partial charge in [-0.1, -0.05) is 59.1 Å². The van der Waals surface area contributed by atoms with Crippen molar-refractivity contribution in [3.63, 3.8) is 0 Å². The Hall–Kier alpha value is -2.09. The van der Waals surface area contributed by atoms with Gasteiger partial charge in [0.1, 0.15) is 10.6 Å². The van der Waals surface area contributed by atoms with E-state index in [1.807, 2.05) is 24.3 Å². The molecule has 0 spiro atoms. The molecule has 0 fully saturated rings. The summed E-state index contributed by atoms with van der Waals surface area (Å²) >= 11 is 10.9. The molecule has 1 aromatic heterocycles. The van der Waals surface area contributed by atoms with Crippen molar-refractivity contribution >= 4 is 60.8 Å². The molecule has 3 aromatic rings. The van der Waals surface area contributed by atoms with E-state index in [-0.39, 0.29) is 0 Å². The molecule has 0 bridgehead atoms. The number of carbonyl (C=O) groups excluding carboxylic acids is 2. The molecule has 0 saturated carbocycles. The van der Waals surface area contributed by atoms with Gasteiger partial charge in [0.2, 0.25) is 0 Å². The molecule has 0 aliphatic rings. The Bertz CT molecular complexity index is 1020. The normalized spacial score (nSPS) is 10.7. The summed E-state index contributed by atoms with van der Waals surface area (Å²) < 4.78 is 7.33. The number of hydrogen-bond donors (Lipinski definition) is 2. The van der Waals surface area contributed by atoms with Gasteiger partial charge in [-0.05, 0) is 30.7 Å². The number of unbranched alkanes of at least 4 members (excludes halogenated alkanes) is 1.